The topological polar surface area (TPSA) is 53.9 Å². The lowest BCUT2D eigenvalue weighted by Crippen LogP contribution is -2.44. The zero-order valence-corrected chi connectivity index (χ0v) is 11.8. The summed E-state index contributed by atoms with van der Waals surface area (Å²) in [6.07, 6.45) is 1.80. The molecule has 2 aromatic rings. The van der Waals surface area contributed by atoms with Gasteiger partial charge in [-0.25, -0.2) is 9.97 Å². The number of anilines is 1. The van der Waals surface area contributed by atoms with Gasteiger partial charge in [0.1, 0.15) is 10.5 Å². The zero-order valence-electron chi connectivity index (χ0n) is 11.0. The van der Waals surface area contributed by atoms with Crippen molar-refractivity contribution in [3.63, 3.8) is 0 Å². The van der Waals surface area contributed by atoms with E-state index in [1.165, 1.54) is 0 Å². The van der Waals surface area contributed by atoms with Crippen molar-refractivity contribution >= 4 is 28.7 Å². The van der Waals surface area contributed by atoms with Crippen molar-refractivity contribution in [3.05, 3.63) is 18.3 Å². The van der Waals surface area contributed by atoms with Crippen LogP contribution < -0.4 is 10.2 Å². The van der Waals surface area contributed by atoms with Crippen LogP contribution in [-0.2, 0) is 0 Å². The molecule has 1 N–H and O–H groups in total. The van der Waals surface area contributed by atoms with Crippen molar-refractivity contribution in [3.8, 4) is 0 Å². The van der Waals surface area contributed by atoms with E-state index in [1.54, 1.807) is 18.0 Å². The SMILES string of the molecule is CCSc1nc(N2CCNCC2)nc2cccnc12. The Hall–Kier alpha value is -1.40. The maximum Gasteiger partial charge on any atom is 0.227 e. The van der Waals surface area contributed by atoms with Crippen LogP contribution in [0.1, 0.15) is 6.92 Å². The Balaban J connectivity index is 2.04. The quantitative estimate of drug-likeness (QED) is 0.677. The van der Waals surface area contributed by atoms with E-state index in [-0.39, 0.29) is 0 Å². The number of hydrogen-bond donors (Lipinski definition) is 1. The Morgan fingerprint density at radius 3 is 2.95 bits per heavy atom. The predicted molar refractivity (Wildman–Crippen MR) is 78.8 cm³/mol. The minimum Gasteiger partial charge on any atom is -0.338 e. The summed E-state index contributed by atoms with van der Waals surface area (Å²) in [4.78, 5) is 16.0. The molecule has 0 atom stereocenters. The monoisotopic (exact) mass is 275 g/mol. The van der Waals surface area contributed by atoms with E-state index in [9.17, 15) is 0 Å². The van der Waals surface area contributed by atoms with E-state index in [2.05, 4.69) is 27.1 Å². The van der Waals surface area contributed by atoms with Gasteiger partial charge in [0.15, 0.2) is 0 Å². The second kappa shape index (κ2) is 5.71. The van der Waals surface area contributed by atoms with Gasteiger partial charge in [0.25, 0.3) is 0 Å². The van der Waals surface area contributed by atoms with Crippen LogP contribution in [-0.4, -0.2) is 46.9 Å². The summed E-state index contributed by atoms with van der Waals surface area (Å²) in [5.74, 6) is 1.82. The number of hydrogen-bond acceptors (Lipinski definition) is 6. The van der Waals surface area contributed by atoms with E-state index >= 15 is 0 Å². The largest absolute Gasteiger partial charge is 0.338 e. The third-order valence-electron chi connectivity index (χ3n) is 3.09. The third kappa shape index (κ3) is 2.64. The molecule has 3 rings (SSSR count). The van der Waals surface area contributed by atoms with Gasteiger partial charge in [-0.05, 0) is 17.9 Å². The molecule has 3 heterocycles. The molecule has 0 bridgehead atoms. The smallest absolute Gasteiger partial charge is 0.227 e. The van der Waals surface area contributed by atoms with E-state index in [0.717, 1.165) is 53.9 Å². The highest BCUT2D eigenvalue weighted by Crippen LogP contribution is 2.25. The summed E-state index contributed by atoms with van der Waals surface area (Å²) < 4.78 is 0. The molecular formula is C13H17N5S. The van der Waals surface area contributed by atoms with Crippen molar-refractivity contribution in [1.82, 2.24) is 20.3 Å². The normalized spacial score (nSPS) is 15.9. The number of piperazine rings is 1. The Morgan fingerprint density at radius 1 is 1.32 bits per heavy atom. The number of rotatable bonds is 3. The van der Waals surface area contributed by atoms with Crippen LogP contribution in [0.15, 0.2) is 23.4 Å². The second-order valence-corrected chi connectivity index (χ2v) is 5.62. The van der Waals surface area contributed by atoms with E-state index in [4.69, 9.17) is 4.98 Å². The molecule has 1 aliphatic heterocycles. The molecule has 1 aliphatic rings. The summed E-state index contributed by atoms with van der Waals surface area (Å²) in [6, 6.07) is 3.94. The Morgan fingerprint density at radius 2 is 2.16 bits per heavy atom. The lowest BCUT2D eigenvalue weighted by Gasteiger charge is -2.27. The van der Waals surface area contributed by atoms with Crippen LogP contribution in [0, 0.1) is 0 Å². The molecule has 0 radical (unpaired) electrons. The minimum atomic E-state index is 0.831. The average molecular weight is 275 g/mol. The van der Waals surface area contributed by atoms with Crippen LogP contribution >= 0.6 is 11.8 Å². The zero-order chi connectivity index (χ0) is 13.1. The highest BCUT2D eigenvalue weighted by Gasteiger charge is 2.16. The van der Waals surface area contributed by atoms with Gasteiger partial charge in [-0.2, -0.15) is 0 Å². The molecule has 2 aromatic heterocycles. The van der Waals surface area contributed by atoms with Gasteiger partial charge in [-0.15, -0.1) is 11.8 Å². The van der Waals surface area contributed by atoms with Crippen molar-refractivity contribution in [1.29, 1.82) is 0 Å². The van der Waals surface area contributed by atoms with Crippen LogP contribution in [0.4, 0.5) is 5.95 Å². The standard InChI is InChI=1S/C13H17N5S/c1-2-19-12-11-10(4-3-5-15-11)16-13(17-12)18-8-6-14-7-9-18/h3-5,14H,2,6-9H2,1H3. The lowest BCUT2D eigenvalue weighted by atomic mass is 10.3. The molecule has 0 aliphatic carbocycles. The minimum absolute atomic E-state index is 0.831. The molecule has 0 aromatic carbocycles. The van der Waals surface area contributed by atoms with Crippen molar-refractivity contribution < 1.29 is 0 Å². The number of aromatic nitrogens is 3. The fourth-order valence-electron chi connectivity index (χ4n) is 2.17. The fraction of sp³-hybridized carbons (Fsp3) is 0.462. The summed E-state index contributed by atoms with van der Waals surface area (Å²) in [5, 5.41) is 4.33. The van der Waals surface area contributed by atoms with Gasteiger partial charge in [0.2, 0.25) is 5.95 Å². The molecule has 0 unspecified atom stereocenters. The van der Waals surface area contributed by atoms with E-state index in [0.29, 0.717) is 0 Å². The first-order chi connectivity index (χ1) is 9.38. The highest BCUT2D eigenvalue weighted by atomic mass is 32.2. The van der Waals surface area contributed by atoms with Crippen LogP contribution in [0.3, 0.4) is 0 Å². The van der Waals surface area contributed by atoms with Gasteiger partial charge >= 0.3 is 0 Å². The summed E-state index contributed by atoms with van der Waals surface area (Å²) in [5.41, 5.74) is 1.84. The first-order valence-corrected chi connectivity index (χ1v) is 7.58. The average Bonchev–Trinajstić information content (AvgIpc) is 2.48. The van der Waals surface area contributed by atoms with E-state index in [1.807, 2.05) is 12.1 Å². The molecular weight excluding hydrogens is 258 g/mol. The summed E-state index contributed by atoms with van der Waals surface area (Å²) in [6.45, 7) is 6.03. The fourth-order valence-corrected chi connectivity index (χ4v) is 2.89. The van der Waals surface area contributed by atoms with Crippen molar-refractivity contribution in [2.45, 2.75) is 11.9 Å². The molecule has 0 amide bonds. The molecule has 1 fully saturated rings. The Bertz CT molecular complexity index is 568. The summed E-state index contributed by atoms with van der Waals surface area (Å²) >= 11 is 1.73. The van der Waals surface area contributed by atoms with Crippen LogP contribution in [0.2, 0.25) is 0 Å². The second-order valence-electron chi connectivity index (χ2n) is 4.37. The van der Waals surface area contributed by atoms with Crippen molar-refractivity contribution in [2.24, 2.45) is 0 Å². The number of nitrogens with zero attached hydrogens (tertiary/aromatic N) is 4. The van der Waals surface area contributed by atoms with Gasteiger partial charge in [0.05, 0.1) is 5.52 Å². The van der Waals surface area contributed by atoms with Crippen molar-refractivity contribution in [2.75, 3.05) is 36.8 Å². The third-order valence-corrected chi connectivity index (χ3v) is 3.94. The number of thioether (sulfide) groups is 1. The maximum absolute atomic E-state index is 4.70. The van der Waals surface area contributed by atoms with Gasteiger partial charge in [0, 0.05) is 32.4 Å². The predicted octanol–water partition coefficient (Wildman–Crippen LogP) is 1.55. The Kier molecular flexibility index (Phi) is 3.79. The molecule has 0 saturated carbocycles. The van der Waals surface area contributed by atoms with Gasteiger partial charge in [-0.3, -0.25) is 4.98 Å². The molecule has 19 heavy (non-hydrogen) atoms. The van der Waals surface area contributed by atoms with E-state index < -0.39 is 0 Å². The maximum atomic E-state index is 4.70. The van der Waals surface area contributed by atoms with Gasteiger partial charge in [-0.1, -0.05) is 6.92 Å². The lowest BCUT2D eigenvalue weighted by molar-refractivity contribution is 0.579. The number of fused-ring (bicyclic) bond motifs is 1. The summed E-state index contributed by atoms with van der Waals surface area (Å²) in [7, 11) is 0. The molecule has 5 nitrogen and oxygen atoms in total. The van der Waals surface area contributed by atoms with Crippen LogP contribution in [0.25, 0.3) is 11.0 Å². The van der Waals surface area contributed by atoms with Gasteiger partial charge < -0.3 is 10.2 Å². The first-order valence-electron chi connectivity index (χ1n) is 6.59. The Labute approximate surface area is 116 Å². The molecule has 1 saturated heterocycles. The molecule has 0 spiro atoms. The highest BCUT2D eigenvalue weighted by molar-refractivity contribution is 7.99. The van der Waals surface area contributed by atoms with Crippen LogP contribution in [0.5, 0.6) is 0 Å². The number of nitrogens with one attached hydrogen (secondary N) is 1. The first kappa shape index (κ1) is 12.6. The molecule has 6 heteroatoms. The number of pyridine rings is 1. The molecule has 100 valence electrons.